The summed E-state index contributed by atoms with van der Waals surface area (Å²) in [7, 11) is 0. The van der Waals surface area contributed by atoms with E-state index in [1.54, 1.807) is 18.5 Å². The fourth-order valence-corrected chi connectivity index (χ4v) is 3.81. The topological polar surface area (TPSA) is 71.0 Å². The van der Waals surface area contributed by atoms with Crippen LogP contribution in [0, 0.1) is 6.92 Å². The fraction of sp³-hybridized carbons (Fsp3) is 0.529. The van der Waals surface area contributed by atoms with E-state index in [0.717, 1.165) is 25.3 Å². The second-order valence-electron chi connectivity index (χ2n) is 6.02. The van der Waals surface area contributed by atoms with Crippen molar-refractivity contribution in [2.45, 2.75) is 32.6 Å². The van der Waals surface area contributed by atoms with Crippen LogP contribution in [0.5, 0.6) is 0 Å². The van der Waals surface area contributed by atoms with Gasteiger partial charge in [-0.05, 0) is 38.9 Å². The quantitative estimate of drug-likeness (QED) is 0.901. The van der Waals surface area contributed by atoms with Gasteiger partial charge in [0.1, 0.15) is 4.88 Å². The number of hydrogen-bond donors (Lipinski definition) is 1. The predicted molar refractivity (Wildman–Crippen MR) is 95.1 cm³/mol. The van der Waals surface area contributed by atoms with E-state index >= 15 is 0 Å². The Balaban J connectivity index is 1.56. The van der Waals surface area contributed by atoms with Crippen LogP contribution in [0.2, 0.25) is 0 Å². The van der Waals surface area contributed by atoms with Gasteiger partial charge < -0.3 is 10.2 Å². The Labute approximate surface area is 146 Å². The number of likely N-dealkylation sites (tertiary alicyclic amines) is 1. The molecule has 0 unspecified atom stereocenters. The molecule has 0 spiro atoms. The highest BCUT2D eigenvalue weighted by molar-refractivity contribution is 7.17. The lowest BCUT2D eigenvalue weighted by Crippen LogP contribution is -2.35. The Hall–Kier alpha value is -1.86. The van der Waals surface area contributed by atoms with Crippen LogP contribution in [0.3, 0.4) is 0 Å². The van der Waals surface area contributed by atoms with Crippen LogP contribution in [0.15, 0.2) is 18.5 Å². The Morgan fingerprint density at radius 3 is 2.62 bits per heavy atom. The Bertz CT molecular complexity index is 665. The van der Waals surface area contributed by atoms with E-state index in [0.29, 0.717) is 22.3 Å². The molecule has 0 aromatic carbocycles. The summed E-state index contributed by atoms with van der Waals surface area (Å²) in [6.07, 6.45) is 8.55. The second kappa shape index (κ2) is 8.30. The van der Waals surface area contributed by atoms with Gasteiger partial charge in [0.05, 0.1) is 5.69 Å². The number of nitrogens with zero attached hydrogens (tertiary/aromatic N) is 4. The third kappa shape index (κ3) is 4.36. The van der Waals surface area contributed by atoms with Gasteiger partial charge in [-0.15, -0.1) is 11.3 Å². The summed E-state index contributed by atoms with van der Waals surface area (Å²) in [6.45, 7) is 5.73. The minimum Gasteiger partial charge on any atom is -0.350 e. The van der Waals surface area contributed by atoms with Crippen molar-refractivity contribution in [3.63, 3.8) is 0 Å². The van der Waals surface area contributed by atoms with Crippen molar-refractivity contribution < 1.29 is 4.79 Å². The van der Waals surface area contributed by atoms with Crippen molar-refractivity contribution >= 4 is 17.2 Å². The first kappa shape index (κ1) is 17.0. The highest BCUT2D eigenvalue weighted by Gasteiger charge is 2.17. The van der Waals surface area contributed by atoms with Crippen molar-refractivity contribution in [3.05, 3.63) is 29.0 Å². The summed E-state index contributed by atoms with van der Waals surface area (Å²) >= 11 is 1.35. The van der Waals surface area contributed by atoms with Gasteiger partial charge in [-0.3, -0.25) is 4.79 Å². The zero-order valence-corrected chi connectivity index (χ0v) is 14.8. The van der Waals surface area contributed by atoms with E-state index in [2.05, 4.69) is 25.2 Å². The third-order valence-electron chi connectivity index (χ3n) is 4.17. The zero-order valence-electron chi connectivity index (χ0n) is 14.0. The molecular formula is C17H23N5OS. The van der Waals surface area contributed by atoms with Gasteiger partial charge in [0.15, 0.2) is 10.8 Å². The third-order valence-corrected chi connectivity index (χ3v) is 5.32. The van der Waals surface area contributed by atoms with E-state index in [-0.39, 0.29) is 5.91 Å². The molecule has 3 heterocycles. The highest BCUT2D eigenvalue weighted by Crippen LogP contribution is 2.24. The van der Waals surface area contributed by atoms with Gasteiger partial charge in [-0.1, -0.05) is 12.8 Å². The van der Waals surface area contributed by atoms with Crippen molar-refractivity contribution in [2.24, 2.45) is 0 Å². The molecule has 1 saturated heterocycles. The largest absolute Gasteiger partial charge is 0.350 e. The van der Waals surface area contributed by atoms with Crippen LogP contribution in [0.4, 0.5) is 0 Å². The molecule has 0 aliphatic carbocycles. The summed E-state index contributed by atoms with van der Waals surface area (Å²) in [5.41, 5.74) is 0.731. The Kier molecular flexibility index (Phi) is 5.87. The van der Waals surface area contributed by atoms with Crippen LogP contribution in [-0.2, 0) is 0 Å². The van der Waals surface area contributed by atoms with Gasteiger partial charge in [0.2, 0.25) is 0 Å². The summed E-state index contributed by atoms with van der Waals surface area (Å²) < 4.78 is 0. The number of nitrogens with one attached hydrogen (secondary N) is 1. The first-order valence-corrected chi connectivity index (χ1v) is 9.31. The fourth-order valence-electron chi connectivity index (χ4n) is 2.88. The molecule has 6 nitrogen and oxygen atoms in total. The van der Waals surface area contributed by atoms with Crippen molar-refractivity contribution in [2.75, 3.05) is 26.2 Å². The number of aromatic nitrogens is 3. The monoisotopic (exact) mass is 345 g/mol. The predicted octanol–water partition coefficient (Wildman–Crippen LogP) is 2.51. The Morgan fingerprint density at radius 2 is 1.92 bits per heavy atom. The van der Waals surface area contributed by atoms with E-state index in [9.17, 15) is 4.79 Å². The van der Waals surface area contributed by atoms with Gasteiger partial charge in [-0.25, -0.2) is 15.0 Å². The van der Waals surface area contributed by atoms with Crippen LogP contribution in [0.1, 0.15) is 41.0 Å². The molecule has 1 aliphatic heterocycles. The molecule has 0 radical (unpaired) electrons. The van der Waals surface area contributed by atoms with Crippen LogP contribution >= 0.6 is 11.3 Å². The zero-order chi connectivity index (χ0) is 16.8. The molecule has 0 bridgehead atoms. The van der Waals surface area contributed by atoms with E-state index < -0.39 is 0 Å². The van der Waals surface area contributed by atoms with Gasteiger partial charge in [-0.2, -0.15) is 0 Å². The maximum atomic E-state index is 12.4. The number of carbonyl (C=O) groups is 1. The highest BCUT2D eigenvalue weighted by atomic mass is 32.1. The average Bonchev–Trinajstić information content (AvgIpc) is 2.81. The molecule has 0 atom stereocenters. The number of hydrogen-bond acceptors (Lipinski definition) is 6. The summed E-state index contributed by atoms with van der Waals surface area (Å²) in [4.78, 5) is 28.3. The van der Waals surface area contributed by atoms with Crippen LogP contribution in [-0.4, -0.2) is 51.9 Å². The minimum atomic E-state index is -0.0537. The lowest BCUT2D eigenvalue weighted by atomic mass is 10.2. The maximum Gasteiger partial charge on any atom is 0.263 e. The first-order chi connectivity index (χ1) is 11.7. The smallest absolute Gasteiger partial charge is 0.263 e. The minimum absolute atomic E-state index is 0.0537. The molecule has 128 valence electrons. The van der Waals surface area contributed by atoms with E-state index in [1.807, 2.05) is 6.92 Å². The lowest BCUT2D eigenvalue weighted by molar-refractivity contribution is 0.0952. The number of amides is 1. The van der Waals surface area contributed by atoms with Crippen molar-refractivity contribution in [3.8, 4) is 10.8 Å². The Morgan fingerprint density at radius 1 is 1.21 bits per heavy atom. The van der Waals surface area contributed by atoms with Gasteiger partial charge >= 0.3 is 0 Å². The van der Waals surface area contributed by atoms with Crippen molar-refractivity contribution in [1.29, 1.82) is 0 Å². The molecule has 1 aliphatic rings. The lowest BCUT2D eigenvalue weighted by Gasteiger charge is -2.19. The number of carbonyl (C=O) groups excluding carboxylic acids is 1. The number of thiazole rings is 1. The molecule has 3 rings (SSSR count). The van der Waals surface area contributed by atoms with E-state index in [1.165, 1.54) is 37.0 Å². The normalized spacial score (nSPS) is 15.9. The molecule has 1 fully saturated rings. The summed E-state index contributed by atoms with van der Waals surface area (Å²) in [5.74, 6) is 0.510. The standard InChI is InChI=1S/C17H23N5OS/c1-13-14(24-17(21-13)15-18-7-6-8-19-15)16(23)20-9-12-22-10-4-2-3-5-11-22/h6-8H,2-5,9-12H2,1H3,(H,20,23). The second-order valence-corrected chi connectivity index (χ2v) is 7.02. The number of aryl methyl sites for hydroxylation is 1. The van der Waals surface area contributed by atoms with Crippen LogP contribution < -0.4 is 5.32 Å². The average molecular weight is 345 g/mol. The first-order valence-electron chi connectivity index (χ1n) is 8.49. The SMILES string of the molecule is Cc1nc(-c2ncccn2)sc1C(=O)NCCN1CCCCCC1. The molecule has 0 saturated carbocycles. The molecular weight excluding hydrogens is 322 g/mol. The molecule has 7 heteroatoms. The van der Waals surface area contributed by atoms with Gasteiger partial charge in [0, 0.05) is 25.5 Å². The van der Waals surface area contributed by atoms with Crippen LogP contribution in [0.25, 0.3) is 10.8 Å². The van der Waals surface area contributed by atoms with E-state index in [4.69, 9.17) is 0 Å². The molecule has 2 aromatic rings. The number of rotatable bonds is 5. The summed E-state index contributed by atoms with van der Waals surface area (Å²) in [5, 5.41) is 3.71. The molecule has 24 heavy (non-hydrogen) atoms. The summed E-state index contributed by atoms with van der Waals surface area (Å²) in [6, 6.07) is 1.76. The van der Waals surface area contributed by atoms with Gasteiger partial charge in [0.25, 0.3) is 5.91 Å². The molecule has 1 amide bonds. The molecule has 1 N–H and O–H groups in total. The molecule has 2 aromatic heterocycles. The maximum absolute atomic E-state index is 12.4. The van der Waals surface area contributed by atoms with Crippen molar-refractivity contribution in [1.82, 2.24) is 25.2 Å².